The molecule has 0 bridgehead atoms. The molecule has 1 aliphatic rings. The molecular formula is C17H16O3. The van der Waals surface area contributed by atoms with Crippen LogP contribution < -0.4 is 0 Å². The van der Waals surface area contributed by atoms with E-state index in [0.29, 0.717) is 6.61 Å². The van der Waals surface area contributed by atoms with Crippen molar-refractivity contribution in [3.05, 3.63) is 59.7 Å². The Kier molecular flexibility index (Phi) is 3.52. The van der Waals surface area contributed by atoms with Crippen LogP contribution in [0.5, 0.6) is 0 Å². The van der Waals surface area contributed by atoms with E-state index in [9.17, 15) is 4.79 Å². The summed E-state index contributed by atoms with van der Waals surface area (Å²) in [6, 6.07) is 16.6. The third-order valence-electron chi connectivity index (χ3n) is 3.64. The van der Waals surface area contributed by atoms with Crippen LogP contribution in [0.2, 0.25) is 0 Å². The van der Waals surface area contributed by atoms with Gasteiger partial charge < -0.3 is 9.47 Å². The van der Waals surface area contributed by atoms with Crippen LogP contribution in [0.15, 0.2) is 48.5 Å². The summed E-state index contributed by atoms with van der Waals surface area (Å²) in [6.07, 6.45) is 0. The first kappa shape index (κ1) is 12.9. The zero-order valence-electron chi connectivity index (χ0n) is 11.3. The number of ether oxygens (including phenoxy) is 2. The maximum atomic E-state index is 11.5. The molecule has 0 amide bonds. The number of rotatable bonds is 4. The Morgan fingerprint density at radius 1 is 1.00 bits per heavy atom. The molecule has 0 aromatic heterocycles. The van der Waals surface area contributed by atoms with E-state index in [1.54, 1.807) is 0 Å². The predicted octanol–water partition coefficient (Wildman–Crippen LogP) is 2.99. The highest BCUT2D eigenvalue weighted by Gasteiger charge is 2.28. The Hall–Kier alpha value is -2.13. The Balaban J connectivity index is 1.89. The van der Waals surface area contributed by atoms with Gasteiger partial charge in [-0.25, -0.2) is 4.79 Å². The lowest BCUT2D eigenvalue weighted by Crippen LogP contribution is -2.16. The largest absolute Gasteiger partial charge is 0.463 e. The molecule has 2 aromatic carbocycles. The zero-order chi connectivity index (χ0) is 13.9. The Morgan fingerprint density at radius 3 is 2.10 bits per heavy atom. The molecule has 0 spiro atoms. The van der Waals surface area contributed by atoms with E-state index in [4.69, 9.17) is 9.47 Å². The molecule has 102 valence electrons. The van der Waals surface area contributed by atoms with E-state index in [-0.39, 0.29) is 18.5 Å². The molecule has 0 saturated heterocycles. The monoisotopic (exact) mass is 268 g/mol. The lowest BCUT2D eigenvalue weighted by molar-refractivity contribution is -0.148. The normalized spacial score (nSPS) is 12.8. The summed E-state index contributed by atoms with van der Waals surface area (Å²) < 4.78 is 10.1. The third kappa shape index (κ3) is 2.21. The van der Waals surface area contributed by atoms with Crippen LogP contribution in [-0.4, -0.2) is 26.3 Å². The van der Waals surface area contributed by atoms with Crippen LogP contribution in [0.1, 0.15) is 17.0 Å². The average molecular weight is 268 g/mol. The molecule has 3 heteroatoms. The van der Waals surface area contributed by atoms with Crippen molar-refractivity contribution in [2.45, 2.75) is 5.92 Å². The molecule has 3 nitrogen and oxygen atoms in total. The maximum absolute atomic E-state index is 11.5. The summed E-state index contributed by atoms with van der Waals surface area (Å²) >= 11 is 0. The van der Waals surface area contributed by atoms with Crippen molar-refractivity contribution in [2.75, 3.05) is 20.3 Å². The lowest BCUT2D eigenvalue weighted by Gasteiger charge is -2.13. The number of esters is 1. The maximum Gasteiger partial charge on any atom is 0.332 e. The van der Waals surface area contributed by atoms with Crippen LogP contribution >= 0.6 is 0 Å². The SMILES string of the molecule is COCC(=O)OCC1c2ccccc2-c2ccccc21. The molecular weight excluding hydrogens is 252 g/mol. The van der Waals surface area contributed by atoms with Gasteiger partial charge in [-0.05, 0) is 22.3 Å². The van der Waals surface area contributed by atoms with Crippen LogP contribution in [0.25, 0.3) is 11.1 Å². The topological polar surface area (TPSA) is 35.5 Å². The third-order valence-corrected chi connectivity index (χ3v) is 3.64. The van der Waals surface area contributed by atoms with Gasteiger partial charge in [0.15, 0.2) is 0 Å². The summed E-state index contributed by atoms with van der Waals surface area (Å²) in [6.45, 7) is 0.353. The highest BCUT2D eigenvalue weighted by molar-refractivity contribution is 5.79. The van der Waals surface area contributed by atoms with Gasteiger partial charge in [-0.1, -0.05) is 48.5 Å². The van der Waals surface area contributed by atoms with Gasteiger partial charge >= 0.3 is 5.97 Å². The van der Waals surface area contributed by atoms with Crippen molar-refractivity contribution in [3.63, 3.8) is 0 Å². The minimum atomic E-state index is -0.325. The number of methoxy groups -OCH3 is 1. The second-order valence-corrected chi connectivity index (χ2v) is 4.84. The van der Waals surface area contributed by atoms with Gasteiger partial charge in [0.25, 0.3) is 0 Å². The quantitative estimate of drug-likeness (QED) is 0.800. The van der Waals surface area contributed by atoms with Crippen LogP contribution in [0, 0.1) is 0 Å². The van der Waals surface area contributed by atoms with Gasteiger partial charge in [0.05, 0.1) is 0 Å². The van der Waals surface area contributed by atoms with Crippen molar-refractivity contribution in [3.8, 4) is 11.1 Å². The van der Waals surface area contributed by atoms with Gasteiger partial charge in [0.1, 0.15) is 13.2 Å². The highest BCUT2D eigenvalue weighted by Crippen LogP contribution is 2.44. The first-order valence-corrected chi connectivity index (χ1v) is 6.64. The first-order valence-electron chi connectivity index (χ1n) is 6.64. The van der Waals surface area contributed by atoms with Crippen LogP contribution in [0.4, 0.5) is 0 Å². The summed E-state index contributed by atoms with van der Waals surface area (Å²) in [5.41, 5.74) is 4.91. The minimum absolute atomic E-state index is 0.00395. The van der Waals surface area contributed by atoms with E-state index in [0.717, 1.165) is 0 Å². The van der Waals surface area contributed by atoms with Crippen LogP contribution in [-0.2, 0) is 14.3 Å². The molecule has 2 aromatic rings. The number of benzene rings is 2. The number of carbonyl (C=O) groups is 1. The average Bonchev–Trinajstić information content (AvgIpc) is 2.80. The molecule has 0 heterocycles. The predicted molar refractivity (Wildman–Crippen MR) is 76.6 cm³/mol. The van der Waals surface area contributed by atoms with Gasteiger partial charge in [-0.2, -0.15) is 0 Å². The molecule has 3 rings (SSSR count). The first-order chi connectivity index (χ1) is 9.81. The Labute approximate surface area is 118 Å². The van der Waals surface area contributed by atoms with Crippen LogP contribution in [0.3, 0.4) is 0 Å². The molecule has 0 saturated carbocycles. The summed E-state index contributed by atoms with van der Waals surface area (Å²) in [4.78, 5) is 11.5. The van der Waals surface area contributed by atoms with E-state index >= 15 is 0 Å². The summed E-state index contributed by atoms with van der Waals surface area (Å²) in [5, 5.41) is 0. The molecule has 20 heavy (non-hydrogen) atoms. The van der Waals surface area contributed by atoms with Crippen molar-refractivity contribution < 1.29 is 14.3 Å². The van der Waals surface area contributed by atoms with Crippen molar-refractivity contribution in [1.29, 1.82) is 0 Å². The second-order valence-electron chi connectivity index (χ2n) is 4.84. The molecule has 0 aliphatic heterocycles. The molecule has 1 aliphatic carbocycles. The van der Waals surface area contributed by atoms with Gasteiger partial charge in [-0.15, -0.1) is 0 Å². The van der Waals surface area contributed by atoms with E-state index in [1.165, 1.54) is 29.4 Å². The summed E-state index contributed by atoms with van der Waals surface area (Å²) in [7, 11) is 1.49. The smallest absolute Gasteiger partial charge is 0.332 e. The van der Waals surface area contributed by atoms with Gasteiger partial charge in [-0.3, -0.25) is 0 Å². The fourth-order valence-electron chi connectivity index (χ4n) is 2.78. The molecule has 0 unspecified atom stereocenters. The number of hydrogen-bond donors (Lipinski definition) is 0. The van der Waals surface area contributed by atoms with Gasteiger partial charge in [0, 0.05) is 13.0 Å². The highest BCUT2D eigenvalue weighted by atomic mass is 16.6. The molecule has 0 fully saturated rings. The fourth-order valence-corrected chi connectivity index (χ4v) is 2.78. The standard InChI is InChI=1S/C17H16O3/c1-19-11-17(18)20-10-16-14-8-4-2-6-12(14)13-7-3-5-9-15(13)16/h2-9,16H,10-11H2,1H3. The number of hydrogen-bond acceptors (Lipinski definition) is 3. The van der Waals surface area contributed by atoms with Gasteiger partial charge in [0.2, 0.25) is 0 Å². The fraction of sp³-hybridized carbons (Fsp3) is 0.235. The second kappa shape index (κ2) is 5.47. The van der Waals surface area contributed by atoms with E-state index in [1.807, 2.05) is 24.3 Å². The Bertz CT molecular complexity index is 588. The molecule has 0 radical (unpaired) electrons. The van der Waals surface area contributed by atoms with Crippen molar-refractivity contribution >= 4 is 5.97 Å². The van der Waals surface area contributed by atoms with E-state index < -0.39 is 0 Å². The zero-order valence-corrected chi connectivity index (χ0v) is 11.3. The van der Waals surface area contributed by atoms with Crippen molar-refractivity contribution in [1.82, 2.24) is 0 Å². The summed E-state index contributed by atoms with van der Waals surface area (Å²) in [5.74, 6) is -0.211. The lowest BCUT2D eigenvalue weighted by atomic mass is 9.98. The molecule has 0 atom stereocenters. The number of fused-ring (bicyclic) bond motifs is 3. The minimum Gasteiger partial charge on any atom is -0.463 e. The number of carbonyl (C=O) groups excluding carboxylic acids is 1. The molecule has 0 N–H and O–H groups in total. The Morgan fingerprint density at radius 2 is 1.55 bits per heavy atom. The van der Waals surface area contributed by atoms with E-state index in [2.05, 4.69) is 24.3 Å². The van der Waals surface area contributed by atoms with Crippen molar-refractivity contribution in [2.24, 2.45) is 0 Å².